The number of hydrogen-bond acceptors (Lipinski definition) is 3. The van der Waals surface area contributed by atoms with Crippen LogP contribution in [0.5, 0.6) is 5.75 Å². The number of phenols is 1. The Morgan fingerprint density at radius 2 is 2.00 bits per heavy atom. The van der Waals surface area contributed by atoms with E-state index in [1.165, 1.54) is 0 Å². The summed E-state index contributed by atoms with van der Waals surface area (Å²) in [4.78, 5) is 0. The fourth-order valence-electron chi connectivity index (χ4n) is 1.37. The summed E-state index contributed by atoms with van der Waals surface area (Å²) in [6.07, 6.45) is 0. The first kappa shape index (κ1) is 8.75. The molecule has 0 aliphatic heterocycles. The zero-order valence-corrected chi connectivity index (χ0v) is 7.38. The van der Waals surface area contributed by atoms with Crippen LogP contribution in [0.15, 0.2) is 46.5 Å². The minimum absolute atomic E-state index is 0.233. The van der Waals surface area contributed by atoms with Gasteiger partial charge >= 0.3 is 0 Å². The summed E-state index contributed by atoms with van der Waals surface area (Å²) >= 11 is 0. The number of phenolic OH excluding ortho intramolecular Hbond substituents is 1. The molecular formula is C10H7BN2O. The summed E-state index contributed by atoms with van der Waals surface area (Å²) in [6.45, 7) is 0. The standard InChI is InChI=1S/C10H7BN2O/c11-13-12-8-5-4-7-2-1-3-10(14)9(7)6-8/h1-6,14H. The number of nitrogens with zero attached hydrogens (tertiary/aromatic N) is 2. The van der Waals surface area contributed by atoms with Gasteiger partial charge in [0.2, 0.25) is 0 Å². The van der Waals surface area contributed by atoms with E-state index in [2.05, 4.69) is 10.1 Å². The van der Waals surface area contributed by atoms with Gasteiger partial charge in [0.1, 0.15) is 5.75 Å². The molecular weight excluding hydrogens is 175 g/mol. The zero-order valence-electron chi connectivity index (χ0n) is 7.38. The van der Waals surface area contributed by atoms with Gasteiger partial charge in [0.15, 0.2) is 0 Å². The van der Waals surface area contributed by atoms with Crippen molar-refractivity contribution >= 4 is 24.4 Å². The molecule has 0 amide bonds. The van der Waals surface area contributed by atoms with Crippen LogP contribution in [0.25, 0.3) is 10.8 Å². The number of hydrogen-bond donors (Lipinski definition) is 1. The predicted molar refractivity (Wildman–Crippen MR) is 55.9 cm³/mol. The molecule has 0 spiro atoms. The molecule has 66 valence electrons. The Balaban J connectivity index is 2.69. The highest BCUT2D eigenvalue weighted by Gasteiger charge is 1.99. The Bertz CT molecular complexity index is 496. The van der Waals surface area contributed by atoms with Crippen LogP contribution in [0, 0.1) is 0 Å². The smallest absolute Gasteiger partial charge is 0.293 e. The van der Waals surface area contributed by atoms with Gasteiger partial charge in [-0.1, -0.05) is 18.2 Å². The predicted octanol–water partition coefficient (Wildman–Crippen LogP) is 2.71. The number of aromatic hydroxyl groups is 1. The Labute approximate surface area is 82.5 Å². The second-order valence-electron chi connectivity index (χ2n) is 2.90. The summed E-state index contributed by atoms with van der Waals surface area (Å²) in [5, 5.41) is 18.1. The normalized spacial score (nSPS) is 11.1. The summed E-state index contributed by atoms with van der Waals surface area (Å²) in [5.41, 5.74) is 0.626. The average Bonchev–Trinajstić information content (AvgIpc) is 2.20. The number of benzene rings is 2. The van der Waals surface area contributed by atoms with E-state index in [0.29, 0.717) is 5.69 Å². The van der Waals surface area contributed by atoms with Gasteiger partial charge in [-0.15, -0.1) is 0 Å². The minimum atomic E-state index is 0.233. The fraction of sp³-hybridized carbons (Fsp3) is 0. The molecule has 0 aliphatic carbocycles. The maximum Gasteiger partial charge on any atom is 0.293 e. The molecule has 14 heavy (non-hydrogen) atoms. The SMILES string of the molecule is [B]N=Nc1ccc2cccc(O)c2c1. The van der Waals surface area contributed by atoms with E-state index < -0.39 is 0 Å². The molecule has 0 bridgehead atoms. The molecule has 4 heteroatoms. The van der Waals surface area contributed by atoms with E-state index >= 15 is 0 Å². The second kappa shape index (κ2) is 3.50. The zero-order chi connectivity index (χ0) is 9.97. The van der Waals surface area contributed by atoms with E-state index in [9.17, 15) is 5.11 Å². The molecule has 0 atom stereocenters. The Kier molecular flexibility index (Phi) is 2.19. The van der Waals surface area contributed by atoms with Gasteiger partial charge in [0, 0.05) is 5.39 Å². The molecule has 0 saturated carbocycles. The molecule has 0 heterocycles. The quantitative estimate of drug-likeness (QED) is 0.534. The first-order valence-corrected chi connectivity index (χ1v) is 4.14. The lowest BCUT2D eigenvalue weighted by atomic mass is 10.1. The van der Waals surface area contributed by atoms with Gasteiger partial charge in [-0.2, -0.15) is 5.11 Å². The molecule has 2 rings (SSSR count). The van der Waals surface area contributed by atoms with Crippen molar-refractivity contribution in [3.8, 4) is 5.75 Å². The summed E-state index contributed by atoms with van der Waals surface area (Å²) in [7, 11) is 4.94. The van der Waals surface area contributed by atoms with Gasteiger partial charge in [0.05, 0.1) is 5.69 Å². The van der Waals surface area contributed by atoms with Gasteiger partial charge in [0.25, 0.3) is 7.98 Å². The molecule has 0 unspecified atom stereocenters. The van der Waals surface area contributed by atoms with Crippen LogP contribution in [-0.2, 0) is 0 Å². The van der Waals surface area contributed by atoms with Gasteiger partial charge in [-0.25, -0.2) is 0 Å². The Hall–Kier alpha value is -1.84. The highest BCUT2D eigenvalue weighted by atomic mass is 16.3. The third-order valence-electron chi connectivity index (χ3n) is 2.02. The third-order valence-corrected chi connectivity index (χ3v) is 2.02. The summed E-state index contributed by atoms with van der Waals surface area (Å²) < 4.78 is 0. The molecule has 2 radical (unpaired) electrons. The van der Waals surface area contributed by atoms with E-state index in [1.54, 1.807) is 24.3 Å². The topological polar surface area (TPSA) is 45.0 Å². The lowest BCUT2D eigenvalue weighted by Gasteiger charge is -2.00. The molecule has 2 aromatic carbocycles. The molecule has 0 fully saturated rings. The van der Waals surface area contributed by atoms with Crippen molar-refractivity contribution in [2.45, 2.75) is 0 Å². The van der Waals surface area contributed by atoms with Crippen LogP contribution in [0.2, 0.25) is 0 Å². The van der Waals surface area contributed by atoms with Gasteiger partial charge < -0.3 is 5.11 Å². The Morgan fingerprint density at radius 1 is 1.14 bits per heavy atom. The van der Waals surface area contributed by atoms with Crippen molar-refractivity contribution in [2.24, 2.45) is 10.1 Å². The monoisotopic (exact) mass is 182 g/mol. The Morgan fingerprint density at radius 3 is 2.79 bits per heavy atom. The average molecular weight is 182 g/mol. The number of fused-ring (bicyclic) bond motifs is 1. The molecule has 2 aromatic rings. The molecule has 0 aliphatic rings. The maximum absolute atomic E-state index is 9.56. The first-order valence-electron chi connectivity index (χ1n) is 4.14. The van der Waals surface area contributed by atoms with Crippen molar-refractivity contribution in [3.63, 3.8) is 0 Å². The van der Waals surface area contributed by atoms with E-state index in [-0.39, 0.29) is 5.75 Å². The van der Waals surface area contributed by atoms with Crippen molar-refractivity contribution in [2.75, 3.05) is 0 Å². The minimum Gasteiger partial charge on any atom is -0.507 e. The summed E-state index contributed by atoms with van der Waals surface area (Å²) in [5.74, 6) is 0.233. The van der Waals surface area contributed by atoms with Crippen LogP contribution >= 0.6 is 0 Å². The first-order chi connectivity index (χ1) is 6.81. The lowest BCUT2D eigenvalue weighted by molar-refractivity contribution is 0.481. The van der Waals surface area contributed by atoms with Crippen LogP contribution in [0.3, 0.4) is 0 Å². The van der Waals surface area contributed by atoms with Crippen molar-refractivity contribution < 1.29 is 5.11 Å². The highest BCUT2D eigenvalue weighted by molar-refractivity contribution is 6.05. The van der Waals surface area contributed by atoms with Crippen LogP contribution in [0.1, 0.15) is 0 Å². The molecule has 1 N–H and O–H groups in total. The van der Waals surface area contributed by atoms with Crippen molar-refractivity contribution in [3.05, 3.63) is 36.4 Å². The number of rotatable bonds is 1. The fourth-order valence-corrected chi connectivity index (χ4v) is 1.37. The van der Waals surface area contributed by atoms with Crippen molar-refractivity contribution in [1.29, 1.82) is 0 Å². The maximum atomic E-state index is 9.56. The molecule has 0 aromatic heterocycles. The molecule has 3 nitrogen and oxygen atoms in total. The molecule has 0 saturated heterocycles. The van der Waals surface area contributed by atoms with Crippen LogP contribution in [0.4, 0.5) is 5.69 Å². The van der Waals surface area contributed by atoms with Gasteiger partial charge in [-0.3, -0.25) is 5.03 Å². The van der Waals surface area contributed by atoms with Crippen LogP contribution < -0.4 is 0 Å². The summed E-state index contributed by atoms with van der Waals surface area (Å²) in [6, 6.07) is 10.7. The third kappa shape index (κ3) is 1.46. The largest absolute Gasteiger partial charge is 0.507 e. The van der Waals surface area contributed by atoms with Gasteiger partial charge in [-0.05, 0) is 23.6 Å². The lowest BCUT2D eigenvalue weighted by Crippen LogP contribution is -1.73. The van der Waals surface area contributed by atoms with Crippen LogP contribution in [-0.4, -0.2) is 13.1 Å². The van der Waals surface area contributed by atoms with E-state index in [1.807, 2.05) is 12.1 Å². The van der Waals surface area contributed by atoms with E-state index in [0.717, 1.165) is 10.8 Å². The van der Waals surface area contributed by atoms with E-state index in [4.69, 9.17) is 7.98 Å². The second-order valence-corrected chi connectivity index (χ2v) is 2.90. The highest BCUT2D eigenvalue weighted by Crippen LogP contribution is 2.28. The van der Waals surface area contributed by atoms with Crippen molar-refractivity contribution in [1.82, 2.24) is 0 Å².